The number of hydrogen-bond acceptors (Lipinski definition) is 4. The van der Waals surface area contributed by atoms with Crippen LogP contribution in [0.25, 0.3) is 10.2 Å². The van der Waals surface area contributed by atoms with Crippen molar-refractivity contribution in [1.82, 2.24) is 15.2 Å². The molecule has 19 heavy (non-hydrogen) atoms. The van der Waals surface area contributed by atoms with E-state index in [1.165, 1.54) is 10.3 Å². The van der Waals surface area contributed by atoms with E-state index < -0.39 is 0 Å². The zero-order valence-corrected chi connectivity index (χ0v) is 11.9. The van der Waals surface area contributed by atoms with Gasteiger partial charge in [0.15, 0.2) is 0 Å². The van der Waals surface area contributed by atoms with Gasteiger partial charge in [0, 0.05) is 26.1 Å². The van der Waals surface area contributed by atoms with Crippen LogP contribution in [0.2, 0.25) is 0 Å². The summed E-state index contributed by atoms with van der Waals surface area (Å²) in [5.74, 6) is 0.147. The van der Waals surface area contributed by atoms with Crippen LogP contribution in [0.15, 0.2) is 23.7 Å². The zero-order chi connectivity index (χ0) is 13.4. The highest BCUT2D eigenvalue weighted by Gasteiger charge is 2.27. The van der Waals surface area contributed by atoms with Gasteiger partial charge in [-0.1, -0.05) is 6.07 Å². The van der Waals surface area contributed by atoms with E-state index in [-0.39, 0.29) is 18.0 Å². The first-order valence-electron chi connectivity index (χ1n) is 6.49. The van der Waals surface area contributed by atoms with Crippen molar-refractivity contribution in [2.24, 2.45) is 0 Å². The molecule has 0 saturated carbocycles. The summed E-state index contributed by atoms with van der Waals surface area (Å²) in [7, 11) is 0. The standard InChI is InChI=1S/C14H17N3OS/c1-9-6-15-13(7-17(9)10(2)18)11-3-4-14-12(5-11)16-8-19-14/h3-5,8-9,13,15H,6-7H2,1-2H3. The van der Waals surface area contributed by atoms with Crippen LogP contribution in [0, 0.1) is 0 Å². The third-order valence-electron chi connectivity index (χ3n) is 3.73. The first kappa shape index (κ1) is 12.6. The van der Waals surface area contributed by atoms with E-state index in [1.54, 1.807) is 18.3 Å². The smallest absolute Gasteiger partial charge is 0.219 e. The molecular formula is C14H17N3OS. The molecule has 2 atom stereocenters. The molecule has 1 aliphatic heterocycles. The number of amides is 1. The molecule has 0 bridgehead atoms. The van der Waals surface area contributed by atoms with Crippen molar-refractivity contribution in [2.75, 3.05) is 13.1 Å². The molecule has 1 aromatic carbocycles. The molecule has 2 unspecified atom stereocenters. The largest absolute Gasteiger partial charge is 0.337 e. The van der Waals surface area contributed by atoms with Crippen molar-refractivity contribution < 1.29 is 4.79 Å². The minimum atomic E-state index is 0.147. The number of carbonyl (C=O) groups excluding carboxylic acids is 1. The van der Waals surface area contributed by atoms with Crippen LogP contribution in [-0.2, 0) is 4.79 Å². The van der Waals surface area contributed by atoms with Crippen LogP contribution in [0.4, 0.5) is 0 Å². The quantitative estimate of drug-likeness (QED) is 0.867. The summed E-state index contributed by atoms with van der Waals surface area (Å²) in [5, 5.41) is 3.51. The van der Waals surface area contributed by atoms with Gasteiger partial charge >= 0.3 is 0 Å². The Labute approximate surface area is 116 Å². The minimum Gasteiger partial charge on any atom is -0.337 e. The van der Waals surface area contributed by atoms with E-state index >= 15 is 0 Å². The van der Waals surface area contributed by atoms with Crippen molar-refractivity contribution >= 4 is 27.5 Å². The molecule has 1 amide bonds. The van der Waals surface area contributed by atoms with E-state index in [2.05, 4.69) is 35.4 Å². The molecular weight excluding hydrogens is 258 g/mol. The summed E-state index contributed by atoms with van der Waals surface area (Å²) in [6.45, 7) is 5.28. The van der Waals surface area contributed by atoms with E-state index in [4.69, 9.17) is 0 Å². The van der Waals surface area contributed by atoms with Crippen LogP contribution in [0.1, 0.15) is 25.5 Å². The van der Waals surface area contributed by atoms with E-state index in [1.807, 2.05) is 10.4 Å². The topological polar surface area (TPSA) is 45.2 Å². The van der Waals surface area contributed by atoms with E-state index in [0.717, 1.165) is 18.6 Å². The second kappa shape index (κ2) is 4.90. The SMILES string of the molecule is CC(=O)N1CC(c2ccc3scnc3c2)NCC1C. The highest BCUT2D eigenvalue weighted by Crippen LogP contribution is 2.25. The van der Waals surface area contributed by atoms with Gasteiger partial charge in [-0.2, -0.15) is 0 Å². The number of hydrogen-bond donors (Lipinski definition) is 1. The third kappa shape index (κ3) is 2.35. The molecule has 1 aliphatic rings. The van der Waals surface area contributed by atoms with E-state index in [9.17, 15) is 4.79 Å². The molecule has 1 saturated heterocycles. The number of piperazine rings is 1. The molecule has 1 N–H and O–H groups in total. The van der Waals surface area contributed by atoms with Gasteiger partial charge in [-0.05, 0) is 24.6 Å². The number of nitrogens with zero attached hydrogens (tertiary/aromatic N) is 2. The average molecular weight is 275 g/mol. The van der Waals surface area contributed by atoms with Gasteiger partial charge in [0.2, 0.25) is 5.91 Å². The Morgan fingerprint density at radius 1 is 1.53 bits per heavy atom. The molecule has 2 aromatic rings. The zero-order valence-electron chi connectivity index (χ0n) is 11.1. The van der Waals surface area contributed by atoms with Gasteiger partial charge in [-0.3, -0.25) is 4.79 Å². The lowest BCUT2D eigenvalue weighted by Crippen LogP contribution is -2.53. The summed E-state index contributed by atoms with van der Waals surface area (Å²) < 4.78 is 1.20. The summed E-state index contributed by atoms with van der Waals surface area (Å²) in [4.78, 5) is 17.9. The molecule has 0 spiro atoms. The lowest BCUT2D eigenvalue weighted by atomic mass is 10.0. The summed E-state index contributed by atoms with van der Waals surface area (Å²) >= 11 is 1.65. The second-order valence-corrected chi connectivity index (χ2v) is 5.95. The molecule has 100 valence electrons. The van der Waals surface area contributed by atoms with Gasteiger partial charge < -0.3 is 10.2 Å². The van der Waals surface area contributed by atoms with Crippen molar-refractivity contribution in [1.29, 1.82) is 0 Å². The first-order valence-corrected chi connectivity index (χ1v) is 7.37. The number of carbonyl (C=O) groups is 1. The molecule has 5 heteroatoms. The van der Waals surface area contributed by atoms with Crippen LogP contribution < -0.4 is 5.32 Å². The average Bonchev–Trinajstić information content (AvgIpc) is 2.86. The first-order chi connectivity index (χ1) is 9.15. The maximum Gasteiger partial charge on any atom is 0.219 e. The maximum absolute atomic E-state index is 11.6. The van der Waals surface area contributed by atoms with Gasteiger partial charge in [0.05, 0.1) is 21.8 Å². The number of thiazole rings is 1. The summed E-state index contributed by atoms with van der Waals surface area (Å²) in [6.07, 6.45) is 0. The molecule has 0 radical (unpaired) electrons. The molecule has 1 fully saturated rings. The highest BCUT2D eigenvalue weighted by atomic mass is 32.1. The van der Waals surface area contributed by atoms with Crippen molar-refractivity contribution in [3.8, 4) is 0 Å². The van der Waals surface area contributed by atoms with Crippen molar-refractivity contribution in [3.05, 3.63) is 29.3 Å². The number of fused-ring (bicyclic) bond motifs is 1. The van der Waals surface area contributed by atoms with Gasteiger partial charge in [0.1, 0.15) is 0 Å². The lowest BCUT2D eigenvalue weighted by Gasteiger charge is -2.38. The van der Waals surface area contributed by atoms with Gasteiger partial charge in [-0.25, -0.2) is 4.98 Å². The van der Waals surface area contributed by atoms with Crippen molar-refractivity contribution in [3.63, 3.8) is 0 Å². The molecule has 2 heterocycles. The lowest BCUT2D eigenvalue weighted by molar-refractivity contribution is -0.132. The molecule has 3 rings (SSSR count). The third-order valence-corrected chi connectivity index (χ3v) is 4.54. The van der Waals surface area contributed by atoms with Crippen LogP contribution >= 0.6 is 11.3 Å². The highest BCUT2D eigenvalue weighted by molar-refractivity contribution is 7.16. The Morgan fingerprint density at radius 2 is 2.37 bits per heavy atom. The van der Waals surface area contributed by atoms with Crippen LogP contribution in [-0.4, -0.2) is 34.9 Å². The Morgan fingerprint density at radius 3 is 3.16 bits per heavy atom. The predicted molar refractivity (Wildman–Crippen MR) is 77.2 cm³/mol. The number of benzene rings is 1. The second-order valence-electron chi connectivity index (χ2n) is 5.06. The fraction of sp³-hybridized carbons (Fsp3) is 0.429. The molecule has 1 aromatic heterocycles. The normalized spacial score (nSPS) is 23.8. The fourth-order valence-electron chi connectivity index (χ4n) is 2.62. The van der Waals surface area contributed by atoms with Crippen LogP contribution in [0.3, 0.4) is 0 Å². The monoisotopic (exact) mass is 275 g/mol. The summed E-state index contributed by atoms with van der Waals surface area (Å²) in [6, 6.07) is 6.83. The van der Waals surface area contributed by atoms with E-state index in [0.29, 0.717) is 0 Å². The summed E-state index contributed by atoms with van der Waals surface area (Å²) in [5.41, 5.74) is 4.11. The van der Waals surface area contributed by atoms with Gasteiger partial charge in [0.25, 0.3) is 0 Å². The van der Waals surface area contributed by atoms with Crippen LogP contribution in [0.5, 0.6) is 0 Å². The minimum absolute atomic E-state index is 0.147. The Bertz CT molecular complexity index is 610. The number of nitrogens with one attached hydrogen (secondary N) is 1. The maximum atomic E-state index is 11.6. The van der Waals surface area contributed by atoms with Crippen molar-refractivity contribution in [2.45, 2.75) is 25.9 Å². The predicted octanol–water partition coefficient (Wildman–Crippen LogP) is 2.18. The Kier molecular flexibility index (Phi) is 3.24. The fourth-order valence-corrected chi connectivity index (χ4v) is 3.28. The Hall–Kier alpha value is -1.46. The molecule has 4 nitrogen and oxygen atoms in total. The number of rotatable bonds is 1. The number of aromatic nitrogens is 1. The Balaban J connectivity index is 1.87. The molecule has 0 aliphatic carbocycles. The van der Waals surface area contributed by atoms with Gasteiger partial charge in [-0.15, -0.1) is 11.3 Å².